The van der Waals surface area contributed by atoms with Crippen LogP contribution >= 0.6 is 0 Å². The van der Waals surface area contributed by atoms with Gasteiger partial charge in [-0.2, -0.15) is 0 Å². The van der Waals surface area contributed by atoms with Crippen molar-refractivity contribution in [3.8, 4) is 5.75 Å². The molecule has 1 aromatic heterocycles. The maximum Gasteiger partial charge on any atom is 0.336 e. The maximum absolute atomic E-state index is 11.4. The monoisotopic (exact) mass is 319 g/mol. The minimum Gasteiger partial charge on any atom is -0.491 e. The van der Waals surface area contributed by atoms with E-state index in [4.69, 9.17) is 13.9 Å². The second-order valence-electron chi connectivity index (χ2n) is 5.78. The van der Waals surface area contributed by atoms with Gasteiger partial charge in [-0.25, -0.2) is 4.79 Å². The Morgan fingerprint density at radius 1 is 1.30 bits per heavy atom. The van der Waals surface area contributed by atoms with E-state index in [2.05, 4.69) is 4.90 Å². The summed E-state index contributed by atoms with van der Waals surface area (Å²) in [5, 5.41) is 11.0. The smallest absolute Gasteiger partial charge is 0.336 e. The van der Waals surface area contributed by atoms with E-state index in [1.165, 1.54) is 6.07 Å². The molecule has 1 aliphatic heterocycles. The summed E-state index contributed by atoms with van der Waals surface area (Å²) < 4.78 is 16.1. The van der Waals surface area contributed by atoms with Crippen molar-refractivity contribution in [1.82, 2.24) is 4.90 Å². The zero-order valence-corrected chi connectivity index (χ0v) is 13.2. The van der Waals surface area contributed by atoms with Gasteiger partial charge in [0.25, 0.3) is 0 Å². The third kappa shape index (κ3) is 4.10. The largest absolute Gasteiger partial charge is 0.491 e. The van der Waals surface area contributed by atoms with Gasteiger partial charge in [0, 0.05) is 37.2 Å². The summed E-state index contributed by atoms with van der Waals surface area (Å²) in [5.74, 6) is 0.576. The van der Waals surface area contributed by atoms with E-state index in [0.717, 1.165) is 24.0 Å². The minimum absolute atomic E-state index is 0.193. The zero-order chi connectivity index (χ0) is 16.2. The van der Waals surface area contributed by atoms with E-state index < -0.39 is 6.10 Å². The lowest BCUT2D eigenvalue weighted by molar-refractivity contribution is 0.00466. The standard InChI is InChI=1S/C17H21NO5/c1-12-8-17(20)23-16-9-14(2-3-15(12)16)22-11-13(19)10-18-4-6-21-7-5-18/h2-3,8-9,13,19H,4-7,10-11H2,1H3. The van der Waals surface area contributed by atoms with Gasteiger partial charge in [0.15, 0.2) is 0 Å². The number of morpholine rings is 1. The van der Waals surface area contributed by atoms with E-state index in [-0.39, 0.29) is 12.2 Å². The number of nitrogens with zero attached hydrogens (tertiary/aromatic N) is 1. The molecule has 1 fully saturated rings. The predicted molar refractivity (Wildman–Crippen MR) is 86.0 cm³/mol. The van der Waals surface area contributed by atoms with Gasteiger partial charge in [-0.15, -0.1) is 0 Å². The van der Waals surface area contributed by atoms with E-state index in [1.54, 1.807) is 6.07 Å². The van der Waals surface area contributed by atoms with Crippen molar-refractivity contribution in [2.75, 3.05) is 39.5 Å². The summed E-state index contributed by atoms with van der Waals surface area (Å²) in [6, 6.07) is 6.83. The third-order valence-electron chi connectivity index (χ3n) is 3.94. The first-order chi connectivity index (χ1) is 11.1. The van der Waals surface area contributed by atoms with E-state index >= 15 is 0 Å². The van der Waals surface area contributed by atoms with Gasteiger partial charge in [0.1, 0.15) is 24.0 Å². The van der Waals surface area contributed by atoms with Crippen LogP contribution in [0.25, 0.3) is 11.0 Å². The predicted octanol–water partition coefficient (Wildman–Crippen LogP) is 1.17. The van der Waals surface area contributed by atoms with Crippen LogP contribution in [0.1, 0.15) is 5.56 Å². The Kier molecular flexibility index (Phi) is 4.95. The van der Waals surface area contributed by atoms with Crippen LogP contribution in [0.3, 0.4) is 0 Å². The molecule has 1 aromatic carbocycles. The average molecular weight is 319 g/mol. The Bertz CT molecular complexity index is 720. The van der Waals surface area contributed by atoms with Crippen LogP contribution in [0.4, 0.5) is 0 Å². The lowest BCUT2D eigenvalue weighted by Crippen LogP contribution is -2.42. The molecule has 6 nitrogen and oxygen atoms in total. The Labute approximate surface area is 134 Å². The van der Waals surface area contributed by atoms with Crippen molar-refractivity contribution < 1.29 is 19.0 Å². The normalized spacial score (nSPS) is 17.3. The molecule has 1 unspecified atom stereocenters. The fraction of sp³-hybridized carbons (Fsp3) is 0.471. The maximum atomic E-state index is 11.4. The van der Waals surface area contributed by atoms with Crippen molar-refractivity contribution in [3.05, 3.63) is 40.2 Å². The van der Waals surface area contributed by atoms with Gasteiger partial charge in [-0.3, -0.25) is 4.90 Å². The third-order valence-corrected chi connectivity index (χ3v) is 3.94. The molecule has 3 rings (SSSR count). The topological polar surface area (TPSA) is 72.1 Å². The highest BCUT2D eigenvalue weighted by atomic mass is 16.5. The summed E-state index contributed by atoms with van der Waals surface area (Å²) in [6.45, 7) is 5.69. The first-order valence-electron chi connectivity index (χ1n) is 7.77. The summed E-state index contributed by atoms with van der Waals surface area (Å²) in [5.41, 5.74) is 0.991. The van der Waals surface area contributed by atoms with Crippen LogP contribution in [0, 0.1) is 6.92 Å². The van der Waals surface area contributed by atoms with Crippen LogP contribution in [-0.2, 0) is 4.74 Å². The lowest BCUT2D eigenvalue weighted by Gasteiger charge is -2.28. The molecule has 23 heavy (non-hydrogen) atoms. The van der Waals surface area contributed by atoms with Crippen molar-refractivity contribution in [2.24, 2.45) is 0 Å². The van der Waals surface area contributed by atoms with Crippen molar-refractivity contribution in [2.45, 2.75) is 13.0 Å². The summed E-state index contributed by atoms with van der Waals surface area (Å²) in [4.78, 5) is 13.6. The molecule has 124 valence electrons. The van der Waals surface area contributed by atoms with Crippen molar-refractivity contribution in [3.63, 3.8) is 0 Å². The molecule has 1 aliphatic rings. The fourth-order valence-electron chi connectivity index (χ4n) is 2.72. The molecule has 1 atom stereocenters. The number of hydrogen-bond donors (Lipinski definition) is 1. The van der Waals surface area contributed by atoms with Crippen LogP contribution in [-0.4, -0.2) is 55.6 Å². The number of benzene rings is 1. The second kappa shape index (κ2) is 7.12. The average Bonchev–Trinajstić information content (AvgIpc) is 2.53. The highest BCUT2D eigenvalue weighted by Crippen LogP contribution is 2.22. The summed E-state index contributed by atoms with van der Waals surface area (Å²) in [6.07, 6.45) is -0.576. The number of ether oxygens (including phenoxy) is 2. The Balaban J connectivity index is 1.61. The van der Waals surface area contributed by atoms with Crippen LogP contribution in [0.15, 0.2) is 33.5 Å². The quantitative estimate of drug-likeness (QED) is 0.834. The molecule has 2 heterocycles. The number of rotatable bonds is 5. The molecule has 6 heteroatoms. The van der Waals surface area contributed by atoms with Gasteiger partial charge in [0.05, 0.1) is 13.2 Å². The van der Waals surface area contributed by atoms with E-state index in [0.29, 0.717) is 31.1 Å². The Morgan fingerprint density at radius 2 is 2.09 bits per heavy atom. The first-order valence-corrected chi connectivity index (χ1v) is 7.77. The molecule has 0 saturated carbocycles. The SMILES string of the molecule is Cc1cc(=O)oc2cc(OCC(O)CN3CCOCC3)ccc12. The molecule has 2 aromatic rings. The van der Waals surface area contributed by atoms with Gasteiger partial charge < -0.3 is 19.0 Å². The minimum atomic E-state index is -0.576. The fourth-order valence-corrected chi connectivity index (χ4v) is 2.72. The highest BCUT2D eigenvalue weighted by molar-refractivity contribution is 5.81. The molecule has 1 saturated heterocycles. The van der Waals surface area contributed by atoms with Crippen LogP contribution < -0.4 is 10.4 Å². The highest BCUT2D eigenvalue weighted by Gasteiger charge is 2.15. The molecular weight excluding hydrogens is 298 g/mol. The Morgan fingerprint density at radius 3 is 2.87 bits per heavy atom. The van der Waals surface area contributed by atoms with Crippen molar-refractivity contribution in [1.29, 1.82) is 0 Å². The molecule has 0 spiro atoms. The lowest BCUT2D eigenvalue weighted by atomic mass is 10.1. The van der Waals surface area contributed by atoms with Gasteiger partial charge in [-0.1, -0.05) is 0 Å². The number of aliphatic hydroxyl groups excluding tert-OH is 1. The van der Waals surface area contributed by atoms with Crippen LogP contribution in [0.5, 0.6) is 5.75 Å². The molecular formula is C17H21NO5. The summed E-state index contributed by atoms with van der Waals surface area (Å²) >= 11 is 0. The van der Waals surface area contributed by atoms with E-state index in [9.17, 15) is 9.90 Å². The number of aryl methyl sites for hydroxylation is 1. The van der Waals surface area contributed by atoms with Crippen LogP contribution in [0.2, 0.25) is 0 Å². The van der Waals surface area contributed by atoms with Gasteiger partial charge in [-0.05, 0) is 24.6 Å². The number of fused-ring (bicyclic) bond motifs is 1. The first kappa shape index (κ1) is 16.0. The molecule has 0 radical (unpaired) electrons. The van der Waals surface area contributed by atoms with Gasteiger partial charge in [0.2, 0.25) is 0 Å². The number of β-amino-alcohol motifs (C(OH)–C–C–N with tert-alkyl or cyclic N) is 1. The summed E-state index contributed by atoms with van der Waals surface area (Å²) in [7, 11) is 0. The van der Waals surface area contributed by atoms with Gasteiger partial charge >= 0.3 is 5.63 Å². The zero-order valence-electron chi connectivity index (χ0n) is 13.2. The van der Waals surface area contributed by atoms with E-state index in [1.807, 2.05) is 19.1 Å². The molecule has 0 bridgehead atoms. The molecule has 0 amide bonds. The Hall–Kier alpha value is -1.89. The number of hydrogen-bond acceptors (Lipinski definition) is 6. The van der Waals surface area contributed by atoms with Crippen molar-refractivity contribution >= 4 is 11.0 Å². The molecule has 0 aliphatic carbocycles. The number of aliphatic hydroxyl groups is 1. The second-order valence-corrected chi connectivity index (χ2v) is 5.78. The molecule has 1 N–H and O–H groups in total.